The molecule has 0 aromatic heterocycles. The summed E-state index contributed by atoms with van der Waals surface area (Å²) >= 11 is 0. The van der Waals surface area contributed by atoms with Crippen LogP contribution in [0.15, 0.2) is 0 Å². The van der Waals surface area contributed by atoms with E-state index in [0.29, 0.717) is 29.6 Å². The summed E-state index contributed by atoms with van der Waals surface area (Å²) in [7, 11) is 0. The average Bonchev–Trinajstić information content (AvgIpc) is 2.26. The lowest BCUT2D eigenvalue weighted by atomic mass is 9.84. The Balaban J connectivity index is 2.33. The SMILES string of the molecule is CC(CC(=O)N1CCC(CN)CC1)CC(C)(C)C. The van der Waals surface area contributed by atoms with E-state index in [1.54, 1.807) is 0 Å². The zero-order valence-electron chi connectivity index (χ0n) is 12.5. The van der Waals surface area contributed by atoms with Gasteiger partial charge in [-0.2, -0.15) is 0 Å². The van der Waals surface area contributed by atoms with E-state index in [0.717, 1.165) is 38.9 Å². The van der Waals surface area contributed by atoms with Crippen LogP contribution >= 0.6 is 0 Å². The van der Waals surface area contributed by atoms with Crippen LogP contribution in [0.1, 0.15) is 53.4 Å². The molecule has 1 aliphatic heterocycles. The number of amides is 1. The van der Waals surface area contributed by atoms with Gasteiger partial charge in [0.05, 0.1) is 0 Å². The normalized spacial score (nSPS) is 19.9. The molecule has 1 aliphatic rings. The first-order chi connectivity index (χ1) is 8.31. The number of carbonyl (C=O) groups excluding carboxylic acids is 1. The summed E-state index contributed by atoms with van der Waals surface area (Å²) in [5.74, 6) is 1.44. The highest BCUT2D eigenvalue weighted by molar-refractivity contribution is 5.76. The van der Waals surface area contributed by atoms with E-state index in [9.17, 15) is 4.79 Å². The van der Waals surface area contributed by atoms with E-state index in [-0.39, 0.29) is 0 Å². The highest BCUT2D eigenvalue weighted by atomic mass is 16.2. The minimum Gasteiger partial charge on any atom is -0.343 e. The average molecular weight is 254 g/mol. The van der Waals surface area contributed by atoms with Crippen LogP contribution in [-0.4, -0.2) is 30.4 Å². The Kier molecular flexibility index (Phi) is 5.64. The third-order valence-corrected chi connectivity index (χ3v) is 3.78. The summed E-state index contributed by atoms with van der Waals surface area (Å²) in [6.07, 6.45) is 3.97. The van der Waals surface area contributed by atoms with Gasteiger partial charge in [-0.15, -0.1) is 0 Å². The second-order valence-electron chi connectivity index (χ2n) is 7.13. The molecule has 1 unspecified atom stereocenters. The smallest absolute Gasteiger partial charge is 0.222 e. The van der Waals surface area contributed by atoms with E-state index in [1.165, 1.54) is 0 Å². The summed E-state index contributed by atoms with van der Waals surface area (Å²) in [5, 5.41) is 0. The Morgan fingerprint density at radius 1 is 1.33 bits per heavy atom. The van der Waals surface area contributed by atoms with Crippen LogP contribution < -0.4 is 5.73 Å². The Morgan fingerprint density at radius 3 is 2.33 bits per heavy atom. The maximum Gasteiger partial charge on any atom is 0.222 e. The van der Waals surface area contributed by atoms with Gasteiger partial charge in [0.15, 0.2) is 0 Å². The second kappa shape index (κ2) is 6.55. The predicted octanol–water partition coefficient (Wildman–Crippen LogP) is 2.65. The van der Waals surface area contributed by atoms with Crippen molar-refractivity contribution in [3.8, 4) is 0 Å². The number of nitrogens with two attached hydrogens (primary N) is 1. The van der Waals surface area contributed by atoms with Crippen LogP contribution in [0.25, 0.3) is 0 Å². The zero-order chi connectivity index (χ0) is 13.8. The summed E-state index contributed by atoms with van der Waals surface area (Å²) in [4.78, 5) is 14.2. The van der Waals surface area contributed by atoms with Crippen molar-refractivity contribution in [1.82, 2.24) is 4.90 Å². The van der Waals surface area contributed by atoms with Gasteiger partial charge in [-0.3, -0.25) is 4.79 Å². The minimum atomic E-state index is 0.312. The monoisotopic (exact) mass is 254 g/mol. The van der Waals surface area contributed by atoms with Crippen molar-refractivity contribution in [2.75, 3.05) is 19.6 Å². The van der Waals surface area contributed by atoms with Gasteiger partial charge in [0.1, 0.15) is 0 Å². The van der Waals surface area contributed by atoms with Gasteiger partial charge >= 0.3 is 0 Å². The molecule has 3 nitrogen and oxygen atoms in total. The van der Waals surface area contributed by atoms with Crippen LogP contribution in [-0.2, 0) is 4.79 Å². The lowest BCUT2D eigenvalue weighted by Gasteiger charge is -2.32. The summed E-state index contributed by atoms with van der Waals surface area (Å²) in [6.45, 7) is 11.5. The molecule has 1 saturated heterocycles. The topological polar surface area (TPSA) is 46.3 Å². The Bertz CT molecular complexity index is 262. The molecule has 1 heterocycles. The Morgan fingerprint density at radius 2 is 1.89 bits per heavy atom. The van der Waals surface area contributed by atoms with Crippen molar-refractivity contribution in [3.63, 3.8) is 0 Å². The third kappa shape index (κ3) is 5.38. The maximum absolute atomic E-state index is 12.2. The van der Waals surface area contributed by atoms with Crippen molar-refractivity contribution in [2.45, 2.75) is 53.4 Å². The van der Waals surface area contributed by atoms with Crippen LogP contribution in [0.2, 0.25) is 0 Å². The molecule has 0 aliphatic carbocycles. The largest absolute Gasteiger partial charge is 0.343 e. The van der Waals surface area contributed by atoms with Gasteiger partial charge in [-0.1, -0.05) is 27.7 Å². The maximum atomic E-state index is 12.2. The molecule has 0 aromatic rings. The van der Waals surface area contributed by atoms with Crippen molar-refractivity contribution >= 4 is 5.91 Å². The highest BCUT2D eigenvalue weighted by Gasteiger charge is 2.24. The lowest BCUT2D eigenvalue weighted by molar-refractivity contribution is -0.133. The number of likely N-dealkylation sites (tertiary alicyclic amines) is 1. The van der Waals surface area contributed by atoms with Crippen LogP contribution in [0.5, 0.6) is 0 Å². The van der Waals surface area contributed by atoms with E-state index < -0.39 is 0 Å². The molecule has 18 heavy (non-hydrogen) atoms. The van der Waals surface area contributed by atoms with Gasteiger partial charge in [-0.05, 0) is 43.1 Å². The minimum absolute atomic E-state index is 0.312. The molecule has 1 fully saturated rings. The first-order valence-corrected chi connectivity index (χ1v) is 7.29. The second-order valence-corrected chi connectivity index (χ2v) is 7.13. The lowest BCUT2D eigenvalue weighted by Crippen LogP contribution is -2.40. The number of piperidine rings is 1. The number of hydrogen-bond donors (Lipinski definition) is 1. The molecule has 106 valence electrons. The molecule has 1 rings (SSSR count). The molecular weight excluding hydrogens is 224 g/mol. The van der Waals surface area contributed by atoms with Crippen molar-refractivity contribution < 1.29 is 4.79 Å². The quantitative estimate of drug-likeness (QED) is 0.838. The van der Waals surface area contributed by atoms with Gasteiger partial charge in [-0.25, -0.2) is 0 Å². The fourth-order valence-corrected chi connectivity index (χ4v) is 2.96. The van der Waals surface area contributed by atoms with Crippen LogP contribution in [0.3, 0.4) is 0 Å². The Hall–Kier alpha value is -0.570. The summed E-state index contributed by atoms with van der Waals surface area (Å²) in [6, 6.07) is 0. The van der Waals surface area contributed by atoms with E-state index >= 15 is 0 Å². The summed E-state index contributed by atoms with van der Waals surface area (Å²) in [5.41, 5.74) is 5.98. The van der Waals surface area contributed by atoms with Crippen molar-refractivity contribution in [2.24, 2.45) is 23.0 Å². The fraction of sp³-hybridized carbons (Fsp3) is 0.933. The molecule has 0 bridgehead atoms. The van der Waals surface area contributed by atoms with E-state index in [4.69, 9.17) is 5.73 Å². The fourth-order valence-electron chi connectivity index (χ4n) is 2.96. The van der Waals surface area contributed by atoms with E-state index in [1.807, 2.05) is 4.90 Å². The highest BCUT2D eigenvalue weighted by Crippen LogP contribution is 2.27. The number of nitrogens with zero attached hydrogens (tertiary/aromatic N) is 1. The van der Waals surface area contributed by atoms with Gasteiger partial charge in [0.25, 0.3) is 0 Å². The molecule has 2 N–H and O–H groups in total. The predicted molar refractivity (Wildman–Crippen MR) is 76.2 cm³/mol. The first-order valence-electron chi connectivity index (χ1n) is 7.29. The molecule has 1 atom stereocenters. The number of hydrogen-bond acceptors (Lipinski definition) is 2. The third-order valence-electron chi connectivity index (χ3n) is 3.78. The molecular formula is C15H30N2O. The van der Waals surface area contributed by atoms with Gasteiger partial charge < -0.3 is 10.6 Å². The molecule has 1 amide bonds. The molecule has 0 radical (unpaired) electrons. The number of rotatable bonds is 4. The molecule has 3 heteroatoms. The number of carbonyl (C=O) groups is 1. The van der Waals surface area contributed by atoms with E-state index in [2.05, 4.69) is 27.7 Å². The van der Waals surface area contributed by atoms with Gasteiger partial charge in [0, 0.05) is 19.5 Å². The standard InChI is InChI=1S/C15H30N2O/c1-12(10-15(2,3)4)9-14(18)17-7-5-13(11-16)6-8-17/h12-13H,5-11,16H2,1-4H3. The van der Waals surface area contributed by atoms with Gasteiger partial charge in [0.2, 0.25) is 5.91 Å². The van der Waals surface area contributed by atoms with Crippen LogP contribution in [0.4, 0.5) is 0 Å². The molecule has 0 aromatic carbocycles. The van der Waals surface area contributed by atoms with Crippen molar-refractivity contribution in [1.29, 1.82) is 0 Å². The zero-order valence-corrected chi connectivity index (χ0v) is 12.5. The first kappa shape index (κ1) is 15.5. The van der Waals surface area contributed by atoms with Crippen LogP contribution in [0, 0.1) is 17.3 Å². The summed E-state index contributed by atoms with van der Waals surface area (Å²) < 4.78 is 0. The van der Waals surface area contributed by atoms with Crippen molar-refractivity contribution in [3.05, 3.63) is 0 Å². The Labute approximate surface area is 112 Å². The molecule has 0 saturated carbocycles. The molecule has 0 spiro atoms.